The quantitative estimate of drug-likeness (QED) is 0.745. The zero-order valence-corrected chi connectivity index (χ0v) is 14.7. The molecule has 0 aromatic heterocycles. The van der Waals surface area contributed by atoms with Crippen molar-refractivity contribution in [3.05, 3.63) is 48.0 Å². The van der Waals surface area contributed by atoms with Crippen LogP contribution in [0.25, 0.3) is 0 Å². The highest BCUT2D eigenvalue weighted by Gasteiger charge is 2.22. The maximum Gasteiger partial charge on any atom is 0.303 e. The van der Waals surface area contributed by atoms with Gasteiger partial charge >= 0.3 is 5.97 Å². The van der Waals surface area contributed by atoms with Gasteiger partial charge < -0.3 is 14.6 Å². The van der Waals surface area contributed by atoms with E-state index >= 15 is 0 Å². The summed E-state index contributed by atoms with van der Waals surface area (Å²) in [6.07, 6.45) is -0.163. The number of aryl methyl sites for hydroxylation is 1. The van der Waals surface area contributed by atoms with E-state index < -0.39 is 16.0 Å². The number of aliphatic carboxylic acids is 1. The highest BCUT2D eigenvalue weighted by Crippen LogP contribution is 2.34. The van der Waals surface area contributed by atoms with Crippen molar-refractivity contribution in [2.75, 3.05) is 18.9 Å². The standard InChI is InChI=1S/C17H19NO6S/c1-23-14-10-12(8-9-17(19)20)16(11-15(14)24-2)25(21,22)18-13-6-4-3-5-7-13/h3-7,10-11,18H,8-9H2,1-2H3,(H,19,20). The molecule has 25 heavy (non-hydrogen) atoms. The monoisotopic (exact) mass is 365 g/mol. The first-order valence-electron chi connectivity index (χ1n) is 7.42. The molecule has 8 heteroatoms. The molecule has 0 fully saturated rings. The first kappa shape index (κ1) is 18.6. The number of para-hydroxylation sites is 1. The van der Waals surface area contributed by atoms with Crippen molar-refractivity contribution in [1.82, 2.24) is 0 Å². The second kappa shape index (κ2) is 7.89. The van der Waals surface area contributed by atoms with Gasteiger partial charge in [0, 0.05) is 18.2 Å². The van der Waals surface area contributed by atoms with Gasteiger partial charge in [0.1, 0.15) is 0 Å². The minimum atomic E-state index is -3.93. The number of methoxy groups -OCH3 is 2. The van der Waals surface area contributed by atoms with Gasteiger partial charge in [-0.2, -0.15) is 0 Å². The Kier molecular flexibility index (Phi) is 5.87. The van der Waals surface area contributed by atoms with Crippen LogP contribution in [-0.4, -0.2) is 33.7 Å². The van der Waals surface area contributed by atoms with Crippen molar-refractivity contribution in [3.63, 3.8) is 0 Å². The van der Waals surface area contributed by atoms with E-state index in [-0.39, 0.29) is 23.5 Å². The summed E-state index contributed by atoms with van der Waals surface area (Å²) >= 11 is 0. The molecule has 0 heterocycles. The number of carbonyl (C=O) groups is 1. The number of carboxylic acids is 1. The Balaban J connectivity index is 2.50. The molecule has 2 aromatic rings. The average Bonchev–Trinajstić information content (AvgIpc) is 2.59. The van der Waals surface area contributed by atoms with Gasteiger partial charge in [-0.05, 0) is 30.2 Å². The van der Waals surface area contributed by atoms with Crippen molar-refractivity contribution in [3.8, 4) is 11.5 Å². The van der Waals surface area contributed by atoms with Crippen LogP contribution >= 0.6 is 0 Å². The molecule has 2 rings (SSSR count). The van der Waals surface area contributed by atoms with E-state index in [4.69, 9.17) is 14.6 Å². The van der Waals surface area contributed by atoms with Crippen molar-refractivity contribution in [2.45, 2.75) is 17.7 Å². The summed E-state index contributed by atoms with van der Waals surface area (Å²) in [5.74, 6) is -0.439. The first-order chi connectivity index (χ1) is 11.9. The van der Waals surface area contributed by atoms with Gasteiger partial charge in [-0.3, -0.25) is 9.52 Å². The molecule has 0 bridgehead atoms. The maximum atomic E-state index is 12.8. The largest absolute Gasteiger partial charge is 0.493 e. The topological polar surface area (TPSA) is 102 Å². The molecule has 0 saturated carbocycles. The molecule has 0 amide bonds. The summed E-state index contributed by atoms with van der Waals surface area (Å²) in [6, 6.07) is 11.2. The SMILES string of the molecule is COc1cc(CCC(=O)O)c(S(=O)(=O)Nc2ccccc2)cc1OC. The molecule has 0 unspecified atom stereocenters. The van der Waals surface area contributed by atoms with Crippen LogP contribution in [0.2, 0.25) is 0 Å². The number of benzene rings is 2. The van der Waals surface area contributed by atoms with Crippen LogP contribution in [-0.2, 0) is 21.2 Å². The van der Waals surface area contributed by atoms with Crippen LogP contribution in [0.4, 0.5) is 5.69 Å². The van der Waals surface area contributed by atoms with E-state index in [1.807, 2.05) is 0 Å². The van der Waals surface area contributed by atoms with Crippen LogP contribution in [0.3, 0.4) is 0 Å². The maximum absolute atomic E-state index is 12.8. The zero-order chi connectivity index (χ0) is 18.4. The number of nitrogens with one attached hydrogen (secondary N) is 1. The van der Waals surface area contributed by atoms with Gasteiger partial charge in [0.15, 0.2) is 11.5 Å². The van der Waals surface area contributed by atoms with Crippen LogP contribution < -0.4 is 14.2 Å². The van der Waals surface area contributed by atoms with E-state index in [1.54, 1.807) is 30.3 Å². The van der Waals surface area contributed by atoms with Gasteiger partial charge in [-0.1, -0.05) is 18.2 Å². The molecule has 0 spiro atoms. The molecule has 0 saturated heterocycles. The molecular weight excluding hydrogens is 346 g/mol. The summed E-state index contributed by atoms with van der Waals surface area (Å²) in [5.41, 5.74) is 0.741. The number of ether oxygens (including phenoxy) is 2. The number of hydrogen-bond acceptors (Lipinski definition) is 5. The van der Waals surface area contributed by atoms with Crippen LogP contribution in [0.5, 0.6) is 11.5 Å². The molecule has 2 aromatic carbocycles. The Hall–Kier alpha value is -2.74. The minimum Gasteiger partial charge on any atom is -0.493 e. The number of hydrogen-bond donors (Lipinski definition) is 2. The Morgan fingerprint density at radius 1 is 1.08 bits per heavy atom. The highest BCUT2D eigenvalue weighted by molar-refractivity contribution is 7.92. The molecule has 0 radical (unpaired) electrons. The van der Waals surface area contributed by atoms with E-state index in [0.29, 0.717) is 17.0 Å². The van der Waals surface area contributed by atoms with E-state index in [0.717, 1.165) is 0 Å². The number of anilines is 1. The van der Waals surface area contributed by atoms with Crippen LogP contribution in [0.15, 0.2) is 47.4 Å². The fourth-order valence-corrected chi connectivity index (χ4v) is 3.63. The second-order valence-corrected chi connectivity index (χ2v) is 6.83. The van der Waals surface area contributed by atoms with Crippen molar-refractivity contribution in [1.29, 1.82) is 0 Å². The summed E-state index contributed by atoms with van der Waals surface area (Å²) in [4.78, 5) is 10.8. The van der Waals surface area contributed by atoms with Gasteiger partial charge in [-0.25, -0.2) is 8.42 Å². The van der Waals surface area contributed by atoms with Crippen molar-refractivity contribution in [2.24, 2.45) is 0 Å². The Bertz CT molecular complexity index is 849. The normalized spacial score (nSPS) is 11.0. The molecule has 0 aliphatic heterocycles. The molecular formula is C17H19NO6S. The third-order valence-electron chi connectivity index (χ3n) is 3.49. The van der Waals surface area contributed by atoms with Gasteiger partial charge in [0.25, 0.3) is 10.0 Å². The summed E-state index contributed by atoms with van der Waals surface area (Å²) in [7, 11) is -1.10. The highest BCUT2D eigenvalue weighted by atomic mass is 32.2. The fraction of sp³-hybridized carbons (Fsp3) is 0.235. The van der Waals surface area contributed by atoms with Crippen molar-refractivity contribution < 1.29 is 27.8 Å². The molecule has 2 N–H and O–H groups in total. The molecule has 0 aliphatic carbocycles. The summed E-state index contributed by atoms with van der Waals surface area (Å²) < 4.78 is 38.4. The third kappa shape index (κ3) is 4.63. The Labute approximate surface area is 146 Å². The Morgan fingerprint density at radius 2 is 1.68 bits per heavy atom. The number of sulfonamides is 1. The van der Waals surface area contributed by atoms with E-state index in [1.165, 1.54) is 26.4 Å². The van der Waals surface area contributed by atoms with E-state index in [9.17, 15) is 13.2 Å². The van der Waals surface area contributed by atoms with Crippen LogP contribution in [0.1, 0.15) is 12.0 Å². The lowest BCUT2D eigenvalue weighted by Crippen LogP contribution is -2.16. The lowest BCUT2D eigenvalue weighted by Gasteiger charge is -2.16. The van der Waals surface area contributed by atoms with Gasteiger partial charge in [0.05, 0.1) is 19.1 Å². The summed E-state index contributed by atoms with van der Waals surface area (Å²) in [6.45, 7) is 0. The molecule has 134 valence electrons. The third-order valence-corrected chi connectivity index (χ3v) is 4.95. The fourth-order valence-electron chi connectivity index (χ4n) is 2.31. The predicted octanol–water partition coefficient (Wildman–Crippen LogP) is 2.52. The molecule has 0 aliphatic rings. The van der Waals surface area contributed by atoms with Crippen LogP contribution in [0, 0.1) is 0 Å². The minimum absolute atomic E-state index is 0.0424. The summed E-state index contributed by atoms with van der Waals surface area (Å²) in [5, 5.41) is 8.91. The Morgan fingerprint density at radius 3 is 2.24 bits per heavy atom. The zero-order valence-electron chi connectivity index (χ0n) is 13.9. The smallest absolute Gasteiger partial charge is 0.303 e. The van der Waals surface area contributed by atoms with E-state index in [2.05, 4.69) is 4.72 Å². The van der Waals surface area contributed by atoms with Gasteiger partial charge in [0.2, 0.25) is 0 Å². The average molecular weight is 365 g/mol. The second-order valence-electron chi connectivity index (χ2n) is 5.18. The van der Waals surface area contributed by atoms with Crippen molar-refractivity contribution >= 4 is 21.7 Å². The lowest BCUT2D eigenvalue weighted by molar-refractivity contribution is -0.136. The lowest BCUT2D eigenvalue weighted by atomic mass is 10.1. The van der Waals surface area contributed by atoms with Gasteiger partial charge in [-0.15, -0.1) is 0 Å². The molecule has 7 nitrogen and oxygen atoms in total. The molecule has 0 atom stereocenters. The predicted molar refractivity (Wildman–Crippen MR) is 92.8 cm³/mol. The number of rotatable bonds is 8. The first-order valence-corrected chi connectivity index (χ1v) is 8.90. The number of carboxylic acid groups (broad SMARTS) is 1.